The highest BCUT2D eigenvalue weighted by atomic mass is 16.5. The molecule has 2 aromatic rings. The van der Waals surface area contributed by atoms with E-state index in [9.17, 15) is 4.79 Å². The number of aryl methyl sites for hydroxylation is 1. The van der Waals surface area contributed by atoms with Crippen LogP contribution in [0.25, 0.3) is 0 Å². The lowest BCUT2D eigenvalue weighted by Crippen LogP contribution is -2.36. The van der Waals surface area contributed by atoms with Crippen LogP contribution in [0.3, 0.4) is 0 Å². The SMILES string of the molecule is CN(C)C(=O)COC[C@H]1CN(Cc2ccoc2)Cc2nnn(C)c21. The summed E-state index contributed by atoms with van der Waals surface area (Å²) in [5, 5.41) is 8.42. The predicted octanol–water partition coefficient (Wildman–Crippen LogP) is 0.612. The molecule has 2 aromatic heterocycles. The Morgan fingerprint density at radius 3 is 3.04 bits per heavy atom. The highest BCUT2D eigenvalue weighted by molar-refractivity contribution is 5.76. The second-order valence-corrected chi connectivity index (χ2v) is 6.35. The molecule has 8 nitrogen and oxygen atoms in total. The highest BCUT2D eigenvalue weighted by Crippen LogP contribution is 2.27. The van der Waals surface area contributed by atoms with E-state index in [-0.39, 0.29) is 18.4 Å². The molecular weight excluding hydrogens is 310 g/mol. The first kappa shape index (κ1) is 16.7. The van der Waals surface area contributed by atoms with Crippen molar-refractivity contribution in [1.82, 2.24) is 24.8 Å². The number of amides is 1. The fourth-order valence-corrected chi connectivity index (χ4v) is 3.00. The number of nitrogens with zero attached hydrogens (tertiary/aromatic N) is 5. The van der Waals surface area contributed by atoms with E-state index in [1.807, 2.05) is 17.8 Å². The van der Waals surface area contributed by atoms with Gasteiger partial charge in [-0.1, -0.05) is 5.21 Å². The average Bonchev–Trinajstić information content (AvgIpc) is 3.17. The molecule has 1 aliphatic rings. The molecule has 1 amide bonds. The molecule has 3 heterocycles. The summed E-state index contributed by atoms with van der Waals surface area (Å²) in [7, 11) is 5.35. The van der Waals surface area contributed by atoms with Gasteiger partial charge in [0.2, 0.25) is 5.91 Å². The Kier molecular flexibility index (Phi) is 4.96. The second kappa shape index (κ2) is 7.14. The Labute approximate surface area is 141 Å². The molecule has 8 heteroatoms. The normalized spacial score (nSPS) is 17.7. The van der Waals surface area contributed by atoms with Gasteiger partial charge in [0.1, 0.15) is 12.3 Å². The van der Waals surface area contributed by atoms with E-state index in [1.165, 1.54) is 4.90 Å². The molecule has 1 aliphatic heterocycles. The van der Waals surface area contributed by atoms with Gasteiger partial charge in [-0.2, -0.15) is 0 Å². The molecule has 0 aromatic carbocycles. The van der Waals surface area contributed by atoms with Crippen LogP contribution in [0.4, 0.5) is 0 Å². The minimum atomic E-state index is -0.0376. The fraction of sp³-hybridized carbons (Fsp3) is 0.562. The van der Waals surface area contributed by atoms with Gasteiger partial charge in [0, 0.05) is 52.3 Å². The van der Waals surface area contributed by atoms with Crippen LogP contribution in [-0.2, 0) is 29.7 Å². The molecule has 0 fully saturated rings. The molecule has 0 unspecified atom stereocenters. The molecule has 0 bridgehead atoms. The van der Waals surface area contributed by atoms with Crippen molar-refractivity contribution in [3.05, 3.63) is 35.5 Å². The van der Waals surface area contributed by atoms with E-state index >= 15 is 0 Å². The lowest BCUT2D eigenvalue weighted by molar-refractivity contribution is -0.133. The van der Waals surface area contributed by atoms with Crippen LogP contribution >= 0.6 is 0 Å². The first-order valence-electron chi connectivity index (χ1n) is 7.94. The number of hydrogen-bond acceptors (Lipinski definition) is 6. The van der Waals surface area contributed by atoms with Gasteiger partial charge in [0.15, 0.2) is 0 Å². The van der Waals surface area contributed by atoms with Gasteiger partial charge < -0.3 is 14.1 Å². The van der Waals surface area contributed by atoms with Gasteiger partial charge in [0.25, 0.3) is 0 Å². The van der Waals surface area contributed by atoms with Gasteiger partial charge in [-0.05, 0) is 6.07 Å². The van der Waals surface area contributed by atoms with Gasteiger partial charge in [-0.25, -0.2) is 0 Å². The monoisotopic (exact) mass is 333 g/mol. The second-order valence-electron chi connectivity index (χ2n) is 6.35. The maximum Gasteiger partial charge on any atom is 0.248 e. The summed E-state index contributed by atoms with van der Waals surface area (Å²) in [6, 6.07) is 1.97. The zero-order valence-corrected chi connectivity index (χ0v) is 14.3. The van der Waals surface area contributed by atoms with Gasteiger partial charge >= 0.3 is 0 Å². The Bertz CT molecular complexity index is 680. The molecule has 3 rings (SSSR count). The standard InChI is InChI=1S/C16H23N5O3/c1-19(2)15(22)11-24-10-13-7-21(6-12-4-5-23-9-12)8-14-16(13)20(3)18-17-14/h4-5,9,13H,6-8,10-11H2,1-3H3/t13-/m1/s1. The van der Waals surface area contributed by atoms with Crippen molar-refractivity contribution in [3.8, 4) is 0 Å². The van der Waals surface area contributed by atoms with Crippen LogP contribution in [-0.4, -0.2) is 64.6 Å². The molecule has 0 saturated carbocycles. The van der Waals surface area contributed by atoms with Crippen LogP contribution in [0.5, 0.6) is 0 Å². The van der Waals surface area contributed by atoms with Crippen molar-refractivity contribution >= 4 is 5.91 Å². The van der Waals surface area contributed by atoms with E-state index in [1.54, 1.807) is 26.6 Å². The number of carbonyl (C=O) groups is 1. The summed E-state index contributed by atoms with van der Waals surface area (Å²) < 4.78 is 12.6. The minimum Gasteiger partial charge on any atom is -0.472 e. The van der Waals surface area contributed by atoms with Gasteiger partial charge in [-0.15, -0.1) is 5.10 Å². The molecule has 0 aliphatic carbocycles. The van der Waals surface area contributed by atoms with Crippen LogP contribution in [0, 0.1) is 0 Å². The molecule has 1 atom stereocenters. The van der Waals surface area contributed by atoms with Crippen molar-refractivity contribution in [1.29, 1.82) is 0 Å². The summed E-state index contributed by atoms with van der Waals surface area (Å²) in [6.07, 6.45) is 3.44. The van der Waals surface area contributed by atoms with E-state index in [0.717, 1.165) is 36.6 Å². The third kappa shape index (κ3) is 3.65. The molecule has 130 valence electrons. The number of likely N-dealkylation sites (N-methyl/N-ethyl adjacent to an activating group) is 1. The van der Waals surface area contributed by atoms with Crippen LogP contribution in [0.15, 0.2) is 23.0 Å². The van der Waals surface area contributed by atoms with Gasteiger partial charge in [0.05, 0.1) is 24.8 Å². The van der Waals surface area contributed by atoms with Crippen LogP contribution < -0.4 is 0 Å². The number of fused-ring (bicyclic) bond motifs is 1. The number of rotatable bonds is 6. The molecule has 0 N–H and O–H groups in total. The minimum absolute atomic E-state index is 0.0376. The molecule has 24 heavy (non-hydrogen) atoms. The van der Waals surface area contributed by atoms with E-state index in [4.69, 9.17) is 9.15 Å². The zero-order chi connectivity index (χ0) is 17.1. The van der Waals surface area contributed by atoms with Crippen LogP contribution in [0.2, 0.25) is 0 Å². The number of hydrogen-bond donors (Lipinski definition) is 0. The molecular formula is C16H23N5O3. The smallest absolute Gasteiger partial charge is 0.248 e. The summed E-state index contributed by atoms with van der Waals surface area (Å²) in [4.78, 5) is 15.5. The quantitative estimate of drug-likeness (QED) is 0.771. The zero-order valence-electron chi connectivity index (χ0n) is 14.3. The summed E-state index contributed by atoms with van der Waals surface area (Å²) in [5.74, 6) is 0.0973. The van der Waals surface area contributed by atoms with Crippen molar-refractivity contribution < 1.29 is 13.9 Å². The highest BCUT2D eigenvalue weighted by Gasteiger charge is 2.30. The number of ether oxygens (including phenoxy) is 1. The maximum absolute atomic E-state index is 11.7. The number of furan rings is 1. The summed E-state index contributed by atoms with van der Waals surface area (Å²) >= 11 is 0. The van der Waals surface area contributed by atoms with Gasteiger partial charge in [-0.3, -0.25) is 14.4 Å². The lowest BCUT2D eigenvalue weighted by atomic mass is 9.98. The van der Waals surface area contributed by atoms with Crippen LogP contribution in [0.1, 0.15) is 22.9 Å². The van der Waals surface area contributed by atoms with Crippen molar-refractivity contribution in [2.24, 2.45) is 7.05 Å². The Morgan fingerprint density at radius 2 is 2.33 bits per heavy atom. The fourth-order valence-electron chi connectivity index (χ4n) is 3.00. The first-order valence-corrected chi connectivity index (χ1v) is 7.94. The van der Waals surface area contributed by atoms with Crippen molar-refractivity contribution in [2.75, 3.05) is 33.9 Å². The Morgan fingerprint density at radius 1 is 1.50 bits per heavy atom. The summed E-state index contributed by atoms with van der Waals surface area (Å²) in [5.41, 5.74) is 3.19. The average molecular weight is 333 g/mol. The predicted molar refractivity (Wildman–Crippen MR) is 86.1 cm³/mol. The lowest BCUT2D eigenvalue weighted by Gasteiger charge is -2.31. The largest absolute Gasteiger partial charge is 0.472 e. The van der Waals surface area contributed by atoms with Crippen molar-refractivity contribution in [3.63, 3.8) is 0 Å². The molecule has 0 saturated heterocycles. The molecule has 0 spiro atoms. The number of carbonyl (C=O) groups excluding carboxylic acids is 1. The Hall–Kier alpha value is -2.19. The third-order valence-electron chi connectivity index (χ3n) is 4.21. The summed E-state index contributed by atoms with van der Waals surface area (Å²) in [6.45, 7) is 2.93. The van der Waals surface area contributed by atoms with E-state index in [0.29, 0.717) is 6.61 Å². The topological polar surface area (TPSA) is 76.6 Å². The molecule has 0 radical (unpaired) electrons. The van der Waals surface area contributed by atoms with E-state index in [2.05, 4.69) is 15.2 Å². The Balaban J connectivity index is 1.66. The first-order chi connectivity index (χ1) is 11.5. The van der Waals surface area contributed by atoms with Crippen molar-refractivity contribution in [2.45, 2.75) is 19.0 Å². The third-order valence-corrected chi connectivity index (χ3v) is 4.21. The van der Waals surface area contributed by atoms with E-state index < -0.39 is 0 Å². The number of aromatic nitrogens is 3. The maximum atomic E-state index is 11.7.